The van der Waals surface area contributed by atoms with E-state index in [1.54, 1.807) is 0 Å². The summed E-state index contributed by atoms with van der Waals surface area (Å²) in [6, 6.07) is 29.0. The SMILES string of the molecule is C#Cc1ccc(CC2CCC(C(C(=C)CCc3ccccc3)c3ccc(CC4=CC(C)C=C4)cc3)CC2)cc1. The fourth-order valence-electron chi connectivity index (χ4n) is 6.66. The van der Waals surface area contributed by atoms with Gasteiger partial charge in [0.1, 0.15) is 0 Å². The predicted octanol–water partition coefficient (Wildman–Crippen LogP) is 9.66. The van der Waals surface area contributed by atoms with Crippen molar-refractivity contribution in [3.05, 3.63) is 143 Å². The van der Waals surface area contributed by atoms with Gasteiger partial charge in [0, 0.05) is 11.5 Å². The minimum atomic E-state index is 0.434. The lowest BCUT2D eigenvalue weighted by molar-refractivity contribution is 0.252. The van der Waals surface area contributed by atoms with Gasteiger partial charge in [0.15, 0.2) is 0 Å². The maximum Gasteiger partial charge on any atom is 0.0242 e. The molecule has 0 amide bonds. The van der Waals surface area contributed by atoms with E-state index in [0.29, 0.717) is 17.8 Å². The smallest absolute Gasteiger partial charge is 0.0242 e. The molecule has 39 heavy (non-hydrogen) atoms. The van der Waals surface area contributed by atoms with Crippen LogP contribution in [0.15, 0.2) is 115 Å². The molecule has 0 spiro atoms. The molecule has 0 heterocycles. The quantitative estimate of drug-likeness (QED) is 0.188. The molecule has 2 unspecified atom stereocenters. The normalized spacial score (nSPS) is 21.2. The molecule has 0 radical (unpaired) electrons. The monoisotopic (exact) mass is 510 g/mol. The van der Waals surface area contributed by atoms with E-state index in [1.807, 2.05) is 0 Å². The van der Waals surface area contributed by atoms with Gasteiger partial charge in [-0.2, -0.15) is 0 Å². The van der Waals surface area contributed by atoms with Gasteiger partial charge in [0.25, 0.3) is 0 Å². The molecular formula is C39H42. The molecule has 2 aliphatic carbocycles. The first kappa shape index (κ1) is 27.0. The summed E-state index contributed by atoms with van der Waals surface area (Å²) in [4.78, 5) is 0. The first-order valence-electron chi connectivity index (χ1n) is 14.8. The van der Waals surface area contributed by atoms with Gasteiger partial charge in [-0.3, -0.25) is 0 Å². The van der Waals surface area contributed by atoms with Crippen LogP contribution in [0.4, 0.5) is 0 Å². The minimum Gasteiger partial charge on any atom is -0.115 e. The topological polar surface area (TPSA) is 0 Å². The molecule has 2 aliphatic rings. The van der Waals surface area contributed by atoms with Crippen molar-refractivity contribution < 1.29 is 0 Å². The van der Waals surface area contributed by atoms with Crippen molar-refractivity contribution >= 4 is 0 Å². The van der Waals surface area contributed by atoms with Crippen LogP contribution in [-0.4, -0.2) is 0 Å². The van der Waals surface area contributed by atoms with Crippen LogP contribution in [-0.2, 0) is 19.3 Å². The van der Waals surface area contributed by atoms with Crippen molar-refractivity contribution in [1.82, 2.24) is 0 Å². The second-order valence-electron chi connectivity index (χ2n) is 11.8. The number of allylic oxidation sites excluding steroid dienone is 5. The Morgan fingerprint density at radius 1 is 0.872 bits per heavy atom. The molecule has 0 heteroatoms. The molecular weight excluding hydrogens is 468 g/mol. The van der Waals surface area contributed by atoms with Crippen molar-refractivity contribution in [3.63, 3.8) is 0 Å². The predicted molar refractivity (Wildman–Crippen MR) is 167 cm³/mol. The lowest BCUT2D eigenvalue weighted by Crippen LogP contribution is -2.23. The van der Waals surface area contributed by atoms with Gasteiger partial charge < -0.3 is 0 Å². The van der Waals surface area contributed by atoms with Crippen LogP contribution in [0.3, 0.4) is 0 Å². The van der Waals surface area contributed by atoms with Crippen LogP contribution in [0, 0.1) is 30.1 Å². The maximum atomic E-state index is 5.54. The molecule has 0 nitrogen and oxygen atoms in total. The molecule has 2 atom stereocenters. The summed E-state index contributed by atoms with van der Waals surface area (Å²) in [5.41, 5.74) is 9.47. The van der Waals surface area contributed by atoms with Crippen LogP contribution in [0.2, 0.25) is 0 Å². The van der Waals surface area contributed by atoms with Gasteiger partial charge in [0.05, 0.1) is 0 Å². The Kier molecular flexibility index (Phi) is 9.00. The molecule has 5 rings (SSSR count). The van der Waals surface area contributed by atoms with Gasteiger partial charge in [-0.25, -0.2) is 0 Å². The molecule has 198 valence electrons. The van der Waals surface area contributed by atoms with Gasteiger partial charge in [-0.1, -0.05) is 110 Å². The molecule has 0 N–H and O–H groups in total. The highest BCUT2D eigenvalue weighted by Crippen LogP contribution is 2.43. The Balaban J connectivity index is 1.27. The standard InChI is InChI=1S/C39H42/c1-4-31-14-16-33(17-15-31)27-34-18-22-37(23-19-34)39(30(3)11-13-32-8-6-5-7-9-32)38-24-20-35(21-25-38)28-36-12-10-29(2)26-36/h1,5-10,12,14-17,20-21,24-26,29,34,37,39H,3,11,13,18-19,22-23,27-28H2,2H3. The molecule has 3 aromatic carbocycles. The van der Waals surface area contributed by atoms with E-state index in [0.717, 1.165) is 37.2 Å². The lowest BCUT2D eigenvalue weighted by atomic mass is 9.69. The van der Waals surface area contributed by atoms with E-state index in [1.165, 1.54) is 59.1 Å². The zero-order valence-electron chi connectivity index (χ0n) is 23.5. The number of rotatable bonds is 10. The summed E-state index contributed by atoms with van der Waals surface area (Å²) in [5, 5.41) is 0. The fourth-order valence-corrected chi connectivity index (χ4v) is 6.66. The van der Waals surface area contributed by atoms with Crippen molar-refractivity contribution in [3.8, 4) is 12.3 Å². The van der Waals surface area contributed by atoms with Gasteiger partial charge in [-0.05, 0) is 109 Å². The molecule has 0 saturated heterocycles. The number of hydrogen-bond donors (Lipinski definition) is 0. The van der Waals surface area contributed by atoms with Crippen molar-refractivity contribution in [1.29, 1.82) is 0 Å². The van der Waals surface area contributed by atoms with Gasteiger partial charge in [0.2, 0.25) is 0 Å². The highest BCUT2D eigenvalue weighted by Gasteiger charge is 2.30. The molecule has 1 fully saturated rings. The van der Waals surface area contributed by atoms with Crippen LogP contribution in [0.1, 0.15) is 72.8 Å². The Morgan fingerprint density at radius 2 is 1.56 bits per heavy atom. The molecule has 1 saturated carbocycles. The third-order valence-corrected chi connectivity index (χ3v) is 8.86. The van der Waals surface area contributed by atoms with Crippen LogP contribution >= 0.6 is 0 Å². The summed E-state index contributed by atoms with van der Waals surface area (Å²) < 4.78 is 0. The lowest BCUT2D eigenvalue weighted by Gasteiger charge is -2.35. The zero-order valence-corrected chi connectivity index (χ0v) is 23.5. The van der Waals surface area contributed by atoms with E-state index < -0.39 is 0 Å². The molecule has 0 aromatic heterocycles. The average Bonchev–Trinajstić information content (AvgIpc) is 3.39. The number of benzene rings is 3. The highest BCUT2D eigenvalue weighted by molar-refractivity contribution is 5.38. The van der Waals surface area contributed by atoms with Crippen LogP contribution < -0.4 is 0 Å². The number of hydrogen-bond acceptors (Lipinski definition) is 0. The minimum absolute atomic E-state index is 0.434. The first-order valence-corrected chi connectivity index (χ1v) is 14.8. The molecule has 3 aromatic rings. The van der Waals surface area contributed by atoms with Crippen molar-refractivity contribution in [2.24, 2.45) is 17.8 Å². The number of terminal acetylenes is 1. The summed E-state index contributed by atoms with van der Waals surface area (Å²) in [5.74, 6) is 5.16. The van der Waals surface area contributed by atoms with Crippen molar-refractivity contribution in [2.75, 3.05) is 0 Å². The maximum absolute atomic E-state index is 5.54. The second-order valence-corrected chi connectivity index (χ2v) is 11.8. The third kappa shape index (κ3) is 7.30. The number of aryl methyl sites for hydroxylation is 1. The Bertz CT molecular complexity index is 1320. The van der Waals surface area contributed by atoms with E-state index in [9.17, 15) is 0 Å². The second kappa shape index (κ2) is 13.0. The Hall–Kier alpha value is -3.56. The van der Waals surface area contributed by atoms with Crippen LogP contribution in [0.5, 0.6) is 0 Å². The summed E-state index contributed by atoms with van der Waals surface area (Å²) >= 11 is 0. The van der Waals surface area contributed by atoms with E-state index in [2.05, 4.69) is 110 Å². The van der Waals surface area contributed by atoms with Crippen LogP contribution in [0.25, 0.3) is 0 Å². The summed E-state index contributed by atoms with van der Waals surface area (Å²) in [7, 11) is 0. The van der Waals surface area contributed by atoms with Gasteiger partial charge >= 0.3 is 0 Å². The van der Waals surface area contributed by atoms with Gasteiger partial charge in [-0.15, -0.1) is 6.42 Å². The van der Waals surface area contributed by atoms with Crippen molar-refractivity contribution in [2.45, 2.75) is 64.2 Å². The first-order chi connectivity index (χ1) is 19.1. The van der Waals surface area contributed by atoms with E-state index in [-0.39, 0.29) is 0 Å². The average molecular weight is 511 g/mol. The Morgan fingerprint density at radius 3 is 2.21 bits per heavy atom. The zero-order chi connectivity index (χ0) is 27.0. The fraction of sp³-hybridized carbons (Fsp3) is 0.333. The summed E-state index contributed by atoms with van der Waals surface area (Å²) in [6.45, 7) is 6.96. The van der Waals surface area contributed by atoms with E-state index >= 15 is 0 Å². The molecule has 0 aliphatic heterocycles. The summed E-state index contributed by atoms with van der Waals surface area (Å²) in [6.07, 6.45) is 21.9. The molecule has 0 bridgehead atoms. The third-order valence-electron chi connectivity index (χ3n) is 8.86. The largest absolute Gasteiger partial charge is 0.115 e. The Labute approximate surface area is 236 Å². The van der Waals surface area contributed by atoms with E-state index in [4.69, 9.17) is 13.0 Å². The highest BCUT2D eigenvalue weighted by atomic mass is 14.3.